The minimum atomic E-state index is 0.292. The lowest BCUT2D eigenvalue weighted by Crippen LogP contribution is -2.16. The largest absolute Gasteiger partial charge is 0.0984 e. The maximum absolute atomic E-state index is 4.38. The van der Waals surface area contributed by atoms with Gasteiger partial charge in [0.2, 0.25) is 0 Å². The van der Waals surface area contributed by atoms with E-state index in [0.717, 1.165) is 17.5 Å². The second-order valence-corrected chi connectivity index (χ2v) is 13.2. The van der Waals surface area contributed by atoms with Crippen LogP contribution in [0.4, 0.5) is 0 Å². The summed E-state index contributed by atoms with van der Waals surface area (Å²) in [5.74, 6) is 0.949. The fourth-order valence-electron chi connectivity index (χ4n) is 8.52. The first-order chi connectivity index (χ1) is 23.7. The van der Waals surface area contributed by atoms with E-state index in [4.69, 9.17) is 0 Å². The highest BCUT2D eigenvalue weighted by Crippen LogP contribution is 2.47. The summed E-state index contributed by atoms with van der Waals surface area (Å²) in [4.78, 5) is 0. The quantitative estimate of drug-likeness (QED) is 0.170. The van der Waals surface area contributed by atoms with Crippen LogP contribution in [0.2, 0.25) is 0 Å². The van der Waals surface area contributed by atoms with Crippen molar-refractivity contribution in [2.45, 2.75) is 12.3 Å². The van der Waals surface area contributed by atoms with Gasteiger partial charge in [-0.1, -0.05) is 171 Å². The van der Waals surface area contributed by atoms with Crippen molar-refractivity contribution in [3.63, 3.8) is 0 Å². The van der Waals surface area contributed by atoms with E-state index in [1.807, 2.05) is 12.2 Å². The van der Waals surface area contributed by atoms with Crippen LogP contribution in [0.15, 0.2) is 159 Å². The molecule has 3 atom stereocenters. The van der Waals surface area contributed by atoms with Gasteiger partial charge in [-0.05, 0) is 94.9 Å². The van der Waals surface area contributed by atoms with Gasteiger partial charge < -0.3 is 0 Å². The lowest BCUT2D eigenvalue weighted by atomic mass is 9.73. The fourth-order valence-corrected chi connectivity index (χ4v) is 8.52. The zero-order valence-electron chi connectivity index (χ0n) is 26.9. The molecule has 48 heavy (non-hydrogen) atoms. The molecule has 0 N–H and O–H groups in total. The molecule has 0 heterocycles. The summed E-state index contributed by atoms with van der Waals surface area (Å²) in [5.41, 5.74) is 11.4. The standard InChI is InChI=1S/C48H36/c1-3-37-38(4-2)48(43-23-13-16-32-14-5-7-17-39(32)43)45-22-12-11-21-44(45)47(37)35-27-25-31-24-26-34(28-36(31)29-35)46-30-33-15-6-8-18-40(33)41-19-9-10-20-42(41)46/h3-27,29-30,32,34,39H,1-2,28H2. The SMILES string of the molecule is C=Cc1c(C=C)c(-c2ccc3c(c2)CC(c2cc4ccccc4c4ccccc24)C=C3)c2ccccc2c1C1=CC=CC2C=CC=CC12. The summed E-state index contributed by atoms with van der Waals surface area (Å²) in [6, 6.07) is 36.0. The molecule has 3 aliphatic rings. The Hall–Kier alpha value is -5.72. The van der Waals surface area contributed by atoms with Gasteiger partial charge in [0, 0.05) is 17.8 Å². The summed E-state index contributed by atoms with van der Waals surface area (Å²) >= 11 is 0. The monoisotopic (exact) mass is 612 g/mol. The molecule has 0 spiro atoms. The number of allylic oxidation sites excluding steroid dienone is 9. The Kier molecular flexibility index (Phi) is 6.83. The molecule has 0 bridgehead atoms. The van der Waals surface area contributed by atoms with Crippen molar-refractivity contribution >= 4 is 56.1 Å². The molecule has 9 rings (SSSR count). The van der Waals surface area contributed by atoms with Gasteiger partial charge in [0.25, 0.3) is 0 Å². The third-order valence-electron chi connectivity index (χ3n) is 10.7. The Bertz CT molecular complexity index is 2470. The van der Waals surface area contributed by atoms with E-state index in [1.54, 1.807) is 0 Å². The van der Waals surface area contributed by atoms with Crippen LogP contribution < -0.4 is 0 Å². The van der Waals surface area contributed by atoms with E-state index in [9.17, 15) is 0 Å². The number of hydrogen-bond acceptors (Lipinski definition) is 0. The summed E-state index contributed by atoms with van der Waals surface area (Å²) in [6.07, 6.45) is 25.6. The molecule has 0 saturated heterocycles. The third kappa shape index (κ3) is 4.44. The second kappa shape index (κ2) is 11.5. The van der Waals surface area contributed by atoms with Gasteiger partial charge in [-0.2, -0.15) is 0 Å². The average molecular weight is 613 g/mol. The fraction of sp³-hybridized carbons (Fsp3) is 0.0833. The van der Waals surface area contributed by atoms with Gasteiger partial charge in [0.1, 0.15) is 0 Å². The predicted octanol–water partition coefficient (Wildman–Crippen LogP) is 12.8. The van der Waals surface area contributed by atoms with Crippen LogP contribution in [0.5, 0.6) is 0 Å². The first-order valence-corrected chi connectivity index (χ1v) is 17.0. The van der Waals surface area contributed by atoms with Crippen LogP contribution in [0, 0.1) is 11.8 Å². The molecule has 0 radical (unpaired) electrons. The van der Waals surface area contributed by atoms with Crippen molar-refractivity contribution in [2.24, 2.45) is 11.8 Å². The van der Waals surface area contributed by atoms with Crippen LogP contribution >= 0.6 is 0 Å². The van der Waals surface area contributed by atoms with Crippen molar-refractivity contribution in [1.82, 2.24) is 0 Å². The van der Waals surface area contributed by atoms with E-state index >= 15 is 0 Å². The predicted molar refractivity (Wildman–Crippen MR) is 209 cm³/mol. The molecule has 3 unspecified atom stereocenters. The Labute approximate surface area is 282 Å². The summed E-state index contributed by atoms with van der Waals surface area (Å²) < 4.78 is 0. The van der Waals surface area contributed by atoms with Crippen molar-refractivity contribution in [1.29, 1.82) is 0 Å². The molecule has 0 saturated carbocycles. The molecular weight excluding hydrogens is 577 g/mol. The molecule has 228 valence electrons. The molecule has 0 aliphatic heterocycles. The van der Waals surface area contributed by atoms with Gasteiger partial charge in [-0.15, -0.1) is 0 Å². The highest BCUT2D eigenvalue weighted by atomic mass is 14.3. The average Bonchev–Trinajstić information content (AvgIpc) is 3.16. The zero-order valence-corrected chi connectivity index (χ0v) is 26.9. The summed E-state index contributed by atoms with van der Waals surface area (Å²) in [5, 5.41) is 7.79. The van der Waals surface area contributed by atoms with Crippen LogP contribution in [0.25, 0.3) is 67.2 Å². The molecule has 0 amide bonds. The van der Waals surface area contributed by atoms with Crippen molar-refractivity contribution in [3.8, 4) is 11.1 Å². The number of benzene rings is 6. The van der Waals surface area contributed by atoms with Gasteiger partial charge in [-0.3, -0.25) is 0 Å². The Morgan fingerprint density at radius 2 is 1.25 bits per heavy atom. The number of fused-ring (bicyclic) bond motifs is 6. The van der Waals surface area contributed by atoms with Gasteiger partial charge >= 0.3 is 0 Å². The normalized spacial score (nSPS) is 19.3. The molecule has 6 aromatic rings. The van der Waals surface area contributed by atoms with Crippen molar-refractivity contribution < 1.29 is 0 Å². The van der Waals surface area contributed by atoms with Crippen LogP contribution in [-0.2, 0) is 6.42 Å². The first kappa shape index (κ1) is 28.5. The molecule has 0 fully saturated rings. The molecule has 0 nitrogen and oxygen atoms in total. The van der Waals surface area contributed by atoms with Crippen molar-refractivity contribution in [2.75, 3.05) is 0 Å². The Morgan fingerprint density at radius 3 is 2.06 bits per heavy atom. The number of hydrogen-bond donors (Lipinski definition) is 0. The molecule has 0 heteroatoms. The van der Waals surface area contributed by atoms with E-state index in [1.165, 1.54) is 71.3 Å². The van der Waals surface area contributed by atoms with E-state index in [0.29, 0.717) is 17.8 Å². The summed E-state index contributed by atoms with van der Waals surface area (Å²) in [7, 11) is 0. The highest BCUT2D eigenvalue weighted by Gasteiger charge is 2.28. The summed E-state index contributed by atoms with van der Waals surface area (Å²) in [6.45, 7) is 8.74. The second-order valence-electron chi connectivity index (χ2n) is 13.2. The topological polar surface area (TPSA) is 0 Å². The zero-order chi connectivity index (χ0) is 32.2. The van der Waals surface area contributed by atoms with Crippen LogP contribution in [0.1, 0.15) is 39.3 Å². The minimum Gasteiger partial charge on any atom is -0.0984 e. The third-order valence-corrected chi connectivity index (χ3v) is 10.7. The highest BCUT2D eigenvalue weighted by molar-refractivity contribution is 6.11. The van der Waals surface area contributed by atoms with Gasteiger partial charge in [0.05, 0.1) is 0 Å². The lowest BCUT2D eigenvalue weighted by molar-refractivity contribution is 0.678. The Balaban J connectivity index is 1.20. The smallest absolute Gasteiger partial charge is 0.0125 e. The van der Waals surface area contributed by atoms with E-state index < -0.39 is 0 Å². The van der Waals surface area contributed by atoms with E-state index in [-0.39, 0.29) is 0 Å². The lowest BCUT2D eigenvalue weighted by Gasteiger charge is -2.30. The minimum absolute atomic E-state index is 0.292. The molecule has 3 aliphatic carbocycles. The van der Waals surface area contributed by atoms with E-state index in [2.05, 4.69) is 165 Å². The Morgan fingerprint density at radius 1 is 0.583 bits per heavy atom. The van der Waals surface area contributed by atoms with Gasteiger partial charge in [-0.25, -0.2) is 0 Å². The van der Waals surface area contributed by atoms with Gasteiger partial charge in [0.15, 0.2) is 0 Å². The molecular formula is C48H36. The molecule has 6 aromatic carbocycles. The maximum atomic E-state index is 4.38. The number of rotatable bonds is 5. The molecule has 0 aromatic heterocycles. The van der Waals surface area contributed by atoms with Crippen LogP contribution in [-0.4, -0.2) is 0 Å². The maximum Gasteiger partial charge on any atom is 0.0125 e. The van der Waals surface area contributed by atoms with Crippen LogP contribution in [0.3, 0.4) is 0 Å². The van der Waals surface area contributed by atoms with Crippen molar-refractivity contribution in [3.05, 3.63) is 192 Å². The first-order valence-electron chi connectivity index (χ1n) is 17.0.